The number of aliphatic imine (C=N–C) groups is 1. The highest BCUT2D eigenvalue weighted by molar-refractivity contribution is 14.0. The Kier molecular flexibility index (Phi) is 6.90. The Morgan fingerprint density at radius 3 is 2.86 bits per heavy atom. The van der Waals surface area contributed by atoms with Crippen LogP contribution in [0.2, 0.25) is 0 Å². The molecule has 0 saturated carbocycles. The summed E-state index contributed by atoms with van der Waals surface area (Å²) in [5.74, 6) is 0.458. The number of hydrogen-bond donors (Lipinski definition) is 2. The van der Waals surface area contributed by atoms with Crippen molar-refractivity contribution in [3.63, 3.8) is 0 Å². The molecule has 1 aromatic carbocycles. The Balaban J connectivity index is 0.00000169. The third-order valence-corrected chi connectivity index (χ3v) is 2.10. The van der Waals surface area contributed by atoms with Crippen molar-refractivity contribution in [2.45, 2.75) is 6.54 Å². The van der Waals surface area contributed by atoms with Crippen molar-refractivity contribution in [1.82, 2.24) is 5.32 Å². The zero-order valence-electron chi connectivity index (χ0n) is 7.83. The molecule has 1 aromatic rings. The average Bonchev–Trinajstić information content (AvgIpc) is 2.14. The summed E-state index contributed by atoms with van der Waals surface area (Å²) in [7, 11) is 1.66. The maximum absolute atomic E-state index is 5.49. The van der Waals surface area contributed by atoms with Gasteiger partial charge in [-0.1, -0.05) is 28.1 Å². The molecule has 0 aliphatic heterocycles. The van der Waals surface area contributed by atoms with Crippen molar-refractivity contribution in [3.05, 3.63) is 34.3 Å². The van der Waals surface area contributed by atoms with Gasteiger partial charge < -0.3 is 11.1 Å². The van der Waals surface area contributed by atoms with Gasteiger partial charge in [-0.2, -0.15) is 0 Å². The SMILES string of the molecule is CN=C(N)NCc1cccc(Br)c1.I. The van der Waals surface area contributed by atoms with Gasteiger partial charge in [0.1, 0.15) is 0 Å². The minimum absolute atomic E-state index is 0. The molecule has 0 spiro atoms. The van der Waals surface area contributed by atoms with Crippen LogP contribution in [0.15, 0.2) is 33.7 Å². The molecule has 0 radical (unpaired) electrons. The Morgan fingerprint density at radius 1 is 1.57 bits per heavy atom. The van der Waals surface area contributed by atoms with Crippen LogP contribution in [0.25, 0.3) is 0 Å². The molecule has 5 heteroatoms. The molecule has 0 fully saturated rings. The van der Waals surface area contributed by atoms with Crippen LogP contribution in [0.5, 0.6) is 0 Å². The largest absolute Gasteiger partial charge is 0.370 e. The zero-order valence-corrected chi connectivity index (χ0v) is 11.7. The number of benzene rings is 1. The molecule has 0 aliphatic rings. The molecular formula is C9H13BrIN3. The monoisotopic (exact) mass is 369 g/mol. The second-order valence-electron chi connectivity index (χ2n) is 2.59. The summed E-state index contributed by atoms with van der Waals surface area (Å²) in [6.07, 6.45) is 0. The fraction of sp³-hybridized carbons (Fsp3) is 0.222. The molecule has 14 heavy (non-hydrogen) atoms. The van der Waals surface area contributed by atoms with Crippen LogP contribution in [-0.2, 0) is 6.54 Å². The van der Waals surface area contributed by atoms with E-state index in [1.807, 2.05) is 24.3 Å². The van der Waals surface area contributed by atoms with Gasteiger partial charge >= 0.3 is 0 Å². The Morgan fingerprint density at radius 2 is 2.29 bits per heavy atom. The maximum atomic E-state index is 5.49. The molecular weight excluding hydrogens is 357 g/mol. The third kappa shape index (κ3) is 4.80. The first-order valence-corrected chi connectivity index (χ1v) is 4.72. The first kappa shape index (κ1) is 13.7. The molecule has 78 valence electrons. The quantitative estimate of drug-likeness (QED) is 0.476. The Bertz CT molecular complexity index is 315. The van der Waals surface area contributed by atoms with E-state index in [9.17, 15) is 0 Å². The molecule has 0 heterocycles. The van der Waals surface area contributed by atoms with E-state index in [1.165, 1.54) is 5.56 Å². The maximum Gasteiger partial charge on any atom is 0.188 e. The highest BCUT2D eigenvalue weighted by Crippen LogP contribution is 2.10. The highest BCUT2D eigenvalue weighted by Gasteiger charge is 1.93. The van der Waals surface area contributed by atoms with Crippen LogP contribution in [0.3, 0.4) is 0 Å². The molecule has 0 saturated heterocycles. The van der Waals surface area contributed by atoms with E-state index < -0.39 is 0 Å². The number of nitrogens with zero attached hydrogens (tertiary/aromatic N) is 1. The first-order valence-electron chi connectivity index (χ1n) is 3.93. The molecule has 0 amide bonds. The fourth-order valence-electron chi connectivity index (χ4n) is 0.919. The van der Waals surface area contributed by atoms with Gasteiger partial charge in [-0.25, -0.2) is 0 Å². The molecule has 3 nitrogen and oxygen atoms in total. The van der Waals surface area contributed by atoms with Crippen LogP contribution in [0.1, 0.15) is 5.56 Å². The summed E-state index contributed by atoms with van der Waals surface area (Å²) < 4.78 is 1.07. The van der Waals surface area contributed by atoms with E-state index in [0.29, 0.717) is 12.5 Å². The van der Waals surface area contributed by atoms with Gasteiger partial charge in [0.05, 0.1) is 0 Å². The topological polar surface area (TPSA) is 50.4 Å². The summed E-state index contributed by atoms with van der Waals surface area (Å²) in [4.78, 5) is 3.80. The van der Waals surface area contributed by atoms with Gasteiger partial charge in [-0.15, -0.1) is 24.0 Å². The second-order valence-corrected chi connectivity index (χ2v) is 3.51. The number of guanidine groups is 1. The average molecular weight is 370 g/mol. The Labute approximate surface area is 109 Å². The first-order chi connectivity index (χ1) is 6.22. The van der Waals surface area contributed by atoms with Gasteiger partial charge in [0.15, 0.2) is 5.96 Å². The van der Waals surface area contributed by atoms with Crippen molar-refractivity contribution in [2.24, 2.45) is 10.7 Å². The van der Waals surface area contributed by atoms with Gasteiger partial charge in [-0.05, 0) is 17.7 Å². The fourth-order valence-corrected chi connectivity index (χ4v) is 1.37. The minimum atomic E-state index is 0. The zero-order chi connectivity index (χ0) is 9.68. The number of rotatable bonds is 2. The van der Waals surface area contributed by atoms with Crippen LogP contribution in [0, 0.1) is 0 Å². The van der Waals surface area contributed by atoms with Crippen LogP contribution < -0.4 is 11.1 Å². The lowest BCUT2D eigenvalue weighted by Crippen LogP contribution is -2.30. The van der Waals surface area contributed by atoms with E-state index in [0.717, 1.165) is 4.47 Å². The molecule has 1 rings (SSSR count). The van der Waals surface area contributed by atoms with E-state index in [1.54, 1.807) is 7.05 Å². The van der Waals surface area contributed by atoms with Crippen molar-refractivity contribution in [2.75, 3.05) is 7.05 Å². The third-order valence-electron chi connectivity index (χ3n) is 1.60. The number of hydrogen-bond acceptors (Lipinski definition) is 1. The summed E-state index contributed by atoms with van der Waals surface area (Å²) in [5.41, 5.74) is 6.65. The molecule has 0 aliphatic carbocycles. The van der Waals surface area contributed by atoms with Gasteiger partial charge in [0.25, 0.3) is 0 Å². The van der Waals surface area contributed by atoms with Crippen LogP contribution >= 0.6 is 39.9 Å². The molecule has 0 bridgehead atoms. The van der Waals surface area contributed by atoms with E-state index in [2.05, 4.69) is 26.2 Å². The van der Waals surface area contributed by atoms with Crippen molar-refractivity contribution >= 4 is 45.9 Å². The van der Waals surface area contributed by atoms with Crippen molar-refractivity contribution in [1.29, 1.82) is 0 Å². The molecule has 0 aromatic heterocycles. The molecule has 0 atom stereocenters. The van der Waals surface area contributed by atoms with Gasteiger partial charge in [-0.3, -0.25) is 4.99 Å². The Hall–Kier alpha value is -0.300. The predicted molar refractivity (Wildman–Crippen MR) is 73.9 cm³/mol. The lowest BCUT2D eigenvalue weighted by Gasteiger charge is -2.04. The summed E-state index contributed by atoms with van der Waals surface area (Å²) in [6, 6.07) is 8.04. The standard InChI is InChI=1S/C9H12BrN3.HI/c1-12-9(11)13-6-7-3-2-4-8(10)5-7;/h2-5H,6H2,1H3,(H3,11,12,13);1H. The lowest BCUT2D eigenvalue weighted by molar-refractivity contribution is 0.900. The molecule has 3 N–H and O–H groups in total. The summed E-state index contributed by atoms with van der Waals surface area (Å²) in [5, 5.41) is 2.98. The van der Waals surface area contributed by atoms with Gasteiger partial charge in [0, 0.05) is 18.1 Å². The van der Waals surface area contributed by atoms with E-state index >= 15 is 0 Å². The smallest absolute Gasteiger partial charge is 0.188 e. The molecule has 0 unspecified atom stereocenters. The van der Waals surface area contributed by atoms with E-state index in [4.69, 9.17) is 5.73 Å². The normalized spacial score (nSPS) is 10.6. The predicted octanol–water partition coefficient (Wildman–Crippen LogP) is 2.10. The lowest BCUT2D eigenvalue weighted by atomic mass is 10.2. The summed E-state index contributed by atoms with van der Waals surface area (Å²) in [6.45, 7) is 0.697. The highest BCUT2D eigenvalue weighted by atomic mass is 127. The summed E-state index contributed by atoms with van der Waals surface area (Å²) >= 11 is 3.40. The van der Waals surface area contributed by atoms with Crippen molar-refractivity contribution in [3.8, 4) is 0 Å². The minimum Gasteiger partial charge on any atom is -0.370 e. The number of nitrogens with one attached hydrogen (secondary N) is 1. The second kappa shape index (κ2) is 7.05. The number of halogens is 2. The van der Waals surface area contributed by atoms with Crippen molar-refractivity contribution < 1.29 is 0 Å². The van der Waals surface area contributed by atoms with Gasteiger partial charge in [0.2, 0.25) is 0 Å². The van der Waals surface area contributed by atoms with Crippen LogP contribution in [-0.4, -0.2) is 13.0 Å². The van der Waals surface area contributed by atoms with Crippen LogP contribution in [0.4, 0.5) is 0 Å². The number of nitrogens with two attached hydrogens (primary N) is 1. The van der Waals surface area contributed by atoms with E-state index in [-0.39, 0.29) is 24.0 Å².